The summed E-state index contributed by atoms with van der Waals surface area (Å²) >= 11 is 0. The second-order valence-electron chi connectivity index (χ2n) is 4.11. The van der Waals surface area contributed by atoms with E-state index in [0.717, 1.165) is 16.8 Å². The molecule has 1 aliphatic rings. The molecule has 1 amide bonds. The lowest BCUT2D eigenvalue weighted by molar-refractivity contribution is 0.0981. The van der Waals surface area contributed by atoms with Crippen molar-refractivity contribution in [3.63, 3.8) is 0 Å². The Morgan fingerprint density at radius 2 is 1.61 bits per heavy atom. The van der Waals surface area contributed by atoms with Gasteiger partial charge in [0.05, 0.1) is 0 Å². The molecule has 18 heavy (non-hydrogen) atoms. The Hall–Kier alpha value is -2.42. The van der Waals surface area contributed by atoms with Crippen molar-refractivity contribution in [2.24, 2.45) is 0 Å². The van der Waals surface area contributed by atoms with E-state index in [4.69, 9.17) is 0 Å². The van der Waals surface area contributed by atoms with Crippen LogP contribution in [0.25, 0.3) is 11.8 Å². The van der Waals surface area contributed by atoms with Crippen molar-refractivity contribution in [1.29, 1.82) is 0 Å². The van der Waals surface area contributed by atoms with Crippen LogP contribution in [0.2, 0.25) is 0 Å². The van der Waals surface area contributed by atoms with Gasteiger partial charge >= 0.3 is 0 Å². The van der Waals surface area contributed by atoms with E-state index in [1.807, 2.05) is 24.3 Å². The summed E-state index contributed by atoms with van der Waals surface area (Å²) in [4.78, 5) is 11.7. The molecule has 1 N–H and O–H groups in total. The maximum atomic E-state index is 12.8. The fourth-order valence-electron chi connectivity index (χ4n) is 2.01. The topological polar surface area (TPSA) is 29.1 Å². The SMILES string of the molecule is O=C1N/C(=C\c2ccc(F)cc2)c2ccccc21. The van der Waals surface area contributed by atoms with Crippen molar-refractivity contribution in [1.82, 2.24) is 5.32 Å². The third kappa shape index (κ3) is 1.80. The fraction of sp³-hybridized carbons (Fsp3) is 0. The van der Waals surface area contributed by atoms with Crippen molar-refractivity contribution in [3.05, 3.63) is 71.0 Å². The molecule has 3 rings (SSSR count). The molecule has 0 bridgehead atoms. The predicted octanol–water partition coefficient (Wildman–Crippen LogP) is 3.07. The summed E-state index contributed by atoms with van der Waals surface area (Å²) in [6.45, 7) is 0. The third-order valence-corrected chi connectivity index (χ3v) is 2.89. The first-order valence-electron chi connectivity index (χ1n) is 5.62. The monoisotopic (exact) mass is 239 g/mol. The van der Waals surface area contributed by atoms with Gasteiger partial charge in [0.2, 0.25) is 0 Å². The fourth-order valence-corrected chi connectivity index (χ4v) is 2.01. The van der Waals surface area contributed by atoms with Crippen molar-refractivity contribution in [3.8, 4) is 0 Å². The molecule has 2 aromatic rings. The number of carbonyl (C=O) groups is 1. The van der Waals surface area contributed by atoms with Crippen molar-refractivity contribution >= 4 is 17.7 Å². The predicted molar refractivity (Wildman–Crippen MR) is 68.2 cm³/mol. The van der Waals surface area contributed by atoms with E-state index in [9.17, 15) is 9.18 Å². The van der Waals surface area contributed by atoms with Gasteiger partial charge in [0.1, 0.15) is 5.82 Å². The van der Waals surface area contributed by atoms with E-state index in [-0.39, 0.29) is 11.7 Å². The highest BCUT2D eigenvalue weighted by molar-refractivity contribution is 6.11. The summed E-state index contributed by atoms with van der Waals surface area (Å²) in [5, 5.41) is 2.81. The first kappa shape index (κ1) is 10.7. The van der Waals surface area contributed by atoms with Crippen LogP contribution < -0.4 is 5.32 Å². The molecule has 1 heterocycles. The Morgan fingerprint density at radius 3 is 2.33 bits per heavy atom. The molecule has 1 aliphatic heterocycles. The number of halogens is 1. The van der Waals surface area contributed by atoms with Crippen LogP contribution in [0.3, 0.4) is 0 Å². The molecule has 0 aromatic heterocycles. The zero-order valence-corrected chi connectivity index (χ0v) is 9.48. The normalized spacial score (nSPS) is 15.6. The average Bonchev–Trinajstić information content (AvgIpc) is 2.70. The largest absolute Gasteiger partial charge is 0.321 e. The highest BCUT2D eigenvalue weighted by Gasteiger charge is 2.22. The second kappa shape index (κ2) is 4.11. The lowest BCUT2D eigenvalue weighted by Gasteiger charge is -2.00. The van der Waals surface area contributed by atoms with Crippen molar-refractivity contribution in [2.75, 3.05) is 0 Å². The minimum Gasteiger partial charge on any atom is -0.321 e. The molecule has 3 heteroatoms. The zero-order chi connectivity index (χ0) is 12.5. The van der Waals surface area contributed by atoms with Crippen LogP contribution in [0, 0.1) is 5.82 Å². The van der Waals surface area contributed by atoms with Crippen LogP contribution in [0.4, 0.5) is 4.39 Å². The van der Waals surface area contributed by atoms with Gasteiger partial charge in [0.25, 0.3) is 5.91 Å². The lowest BCUT2D eigenvalue weighted by atomic mass is 10.1. The summed E-state index contributed by atoms with van der Waals surface area (Å²) < 4.78 is 12.8. The average molecular weight is 239 g/mol. The Bertz CT molecular complexity index is 644. The van der Waals surface area contributed by atoms with E-state index < -0.39 is 0 Å². The molecule has 0 saturated heterocycles. The van der Waals surface area contributed by atoms with Crippen LogP contribution in [0.1, 0.15) is 21.5 Å². The molecule has 0 aliphatic carbocycles. The van der Waals surface area contributed by atoms with Crippen LogP contribution in [0.5, 0.6) is 0 Å². The first-order valence-corrected chi connectivity index (χ1v) is 5.62. The van der Waals surface area contributed by atoms with Crippen molar-refractivity contribution in [2.45, 2.75) is 0 Å². The lowest BCUT2D eigenvalue weighted by Crippen LogP contribution is -2.11. The summed E-state index contributed by atoms with van der Waals surface area (Å²) in [5.41, 5.74) is 3.16. The van der Waals surface area contributed by atoms with Gasteiger partial charge in [-0.1, -0.05) is 30.3 Å². The van der Waals surface area contributed by atoms with Gasteiger partial charge in [0, 0.05) is 16.8 Å². The Morgan fingerprint density at radius 1 is 0.944 bits per heavy atom. The van der Waals surface area contributed by atoms with Crippen LogP contribution in [-0.4, -0.2) is 5.91 Å². The first-order chi connectivity index (χ1) is 8.74. The van der Waals surface area contributed by atoms with E-state index in [1.165, 1.54) is 12.1 Å². The number of amides is 1. The number of nitrogens with one attached hydrogen (secondary N) is 1. The van der Waals surface area contributed by atoms with Gasteiger partial charge in [-0.2, -0.15) is 0 Å². The van der Waals surface area contributed by atoms with E-state index in [0.29, 0.717) is 5.56 Å². The molecule has 0 unspecified atom stereocenters. The Labute approximate surface area is 104 Å². The Kier molecular flexibility index (Phi) is 2.45. The highest BCUT2D eigenvalue weighted by atomic mass is 19.1. The van der Waals surface area contributed by atoms with Crippen molar-refractivity contribution < 1.29 is 9.18 Å². The standard InChI is InChI=1S/C15H10FNO/c16-11-7-5-10(6-8-11)9-14-12-3-1-2-4-13(12)15(18)17-14/h1-9H,(H,17,18)/b14-9-. The maximum absolute atomic E-state index is 12.8. The smallest absolute Gasteiger partial charge is 0.256 e. The number of rotatable bonds is 1. The number of fused-ring (bicyclic) bond motifs is 1. The third-order valence-electron chi connectivity index (χ3n) is 2.89. The molecule has 2 nitrogen and oxygen atoms in total. The van der Waals surface area contributed by atoms with Gasteiger partial charge in [0.15, 0.2) is 0 Å². The number of hydrogen-bond donors (Lipinski definition) is 1. The molecular weight excluding hydrogens is 229 g/mol. The molecule has 0 atom stereocenters. The molecule has 2 aromatic carbocycles. The van der Waals surface area contributed by atoms with E-state index >= 15 is 0 Å². The number of carbonyl (C=O) groups excluding carboxylic acids is 1. The maximum Gasteiger partial charge on any atom is 0.256 e. The summed E-state index contributed by atoms with van der Waals surface area (Å²) in [7, 11) is 0. The summed E-state index contributed by atoms with van der Waals surface area (Å²) in [6, 6.07) is 13.5. The molecule has 0 saturated carbocycles. The van der Waals surface area contributed by atoms with Crippen LogP contribution >= 0.6 is 0 Å². The van der Waals surface area contributed by atoms with Crippen LogP contribution in [0.15, 0.2) is 48.5 Å². The van der Waals surface area contributed by atoms with Gasteiger partial charge in [-0.05, 0) is 29.8 Å². The van der Waals surface area contributed by atoms with Gasteiger partial charge in [-0.25, -0.2) is 4.39 Å². The Balaban J connectivity index is 2.04. The van der Waals surface area contributed by atoms with E-state index in [2.05, 4.69) is 5.32 Å². The quantitative estimate of drug-likeness (QED) is 0.814. The zero-order valence-electron chi connectivity index (χ0n) is 9.48. The van der Waals surface area contributed by atoms with E-state index in [1.54, 1.807) is 18.2 Å². The molecule has 0 fully saturated rings. The summed E-state index contributed by atoms with van der Waals surface area (Å²) in [6.07, 6.45) is 1.84. The molecule has 0 spiro atoms. The van der Waals surface area contributed by atoms with Gasteiger partial charge < -0.3 is 5.32 Å². The molecular formula is C15H10FNO. The minimum absolute atomic E-state index is 0.0982. The second-order valence-corrected chi connectivity index (χ2v) is 4.11. The molecule has 88 valence electrons. The highest BCUT2D eigenvalue weighted by Crippen LogP contribution is 2.25. The van der Waals surface area contributed by atoms with Gasteiger partial charge in [-0.15, -0.1) is 0 Å². The number of hydrogen-bond acceptors (Lipinski definition) is 1. The van der Waals surface area contributed by atoms with Crippen LogP contribution in [-0.2, 0) is 0 Å². The minimum atomic E-state index is -0.270. The molecule has 0 radical (unpaired) electrons. The number of benzene rings is 2. The summed E-state index contributed by atoms with van der Waals surface area (Å²) in [5.74, 6) is -0.369. The van der Waals surface area contributed by atoms with Gasteiger partial charge in [-0.3, -0.25) is 4.79 Å².